The van der Waals surface area contributed by atoms with Gasteiger partial charge >= 0.3 is 6.18 Å². The zero-order valence-corrected chi connectivity index (χ0v) is 12.9. The average Bonchev–Trinajstić information content (AvgIpc) is 2.28. The molecule has 1 N–H and O–H groups in total. The van der Waals surface area contributed by atoms with Gasteiger partial charge in [0, 0.05) is 21.5 Å². The van der Waals surface area contributed by atoms with E-state index in [1.165, 1.54) is 25.3 Å². The lowest BCUT2D eigenvalue weighted by molar-refractivity contribution is -0.137. The van der Waals surface area contributed by atoms with Crippen LogP contribution in [0.2, 0.25) is 0 Å². The van der Waals surface area contributed by atoms with E-state index in [4.69, 9.17) is 0 Å². The minimum Gasteiger partial charge on any atom is -0.383 e. The van der Waals surface area contributed by atoms with Gasteiger partial charge in [-0.05, 0) is 53.2 Å². The Morgan fingerprint density at radius 2 is 2.05 bits per heavy atom. The fraction of sp³-hybridized carbons (Fsp3) is 0.538. The summed E-state index contributed by atoms with van der Waals surface area (Å²) in [6, 6.07) is 3.72. The Hall–Kier alpha value is -0.360. The van der Waals surface area contributed by atoms with Gasteiger partial charge in [-0.2, -0.15) is 24.9 Å². The Kier molecular flexibility index (Phi) is 4.40. The van der Waals surface area contributed by atoms with Crippen LogP contribution < -0.4 is 5.32 Å². The maximum absolute atomic E-state index is 12.5. The van der Waals surface area contributed by atoms with Crippen molar-refractivity contribution in [1.82, 2.24) is 0 Å². The van der Waals surface area contributed by atoms with Crippen LogP contribution in [0.5, 0.6) is 0 Å². The summed E-state index contributed by atoms with van der Waals surface area (Å²) in [5.74, 6) is 0. The monoisotopic (exact) mass is 353 g/mol. The minimum absolute atomic E-state index is 0.252. The molecular weight excluding hydrogens is 339 g/mol. The summed E-state index contributed by atoms with van der Waals surface area (Å²) in [4.78, 5) is 0. The molecule has 1 aliphatic rings. The van der Waals surface area contributed by atoms with Crippen LogP contribution in [0.4, 0.5) is 18.9 Å². The maximum Gasteiger partial charge on any atom is 0.416 e. The van der Waals surface area contributed by atoms with Gasteiger partial charge in [0.15, 0.2) is 0 Å². The molecule has 0 saturated heterocycles. The molecule has 0 atom stereocenters. The first-order chi connectivity index (χ1) is 8.86. The van der Waals surface area contributed by atoms with Gasteiger partial charge in [0.25, 0.3) is 0 Å². The highest BCUT2D eigenvalue weighted by molar-refractivity contribution is 9.10. The molecule has 0 aliphatic heterocycles. The van der Waals surface area contributed by atoms with Crippen LogP contribution >= 0.6 is 27.7 Å². The largest absolute Gasteiger partial charge is 0.416 e. The number of anilines is 1. The first-order valence-corrected chi connectivity index (χ1v) is 8.04. The summed E-state index contributed by atoms with van der Waals surface area (Å²) < 4.78 is 38.4. The second-order valence-electron chi connectivity index (χ2n) is 4.79. The molecule has 1 aromatic carbocycles. The molecule has 1 fully saturated rings. The SMILES string of the molecule is CSC1(CNc2ccc(C(F)(F)F)cc2Br)CCC1. The molecule has 6 heteroatoms. The van der Waals surface area contributed by atoms with Crippen molar-refractivity contribution in [3.63, 3.8) is 0 Å². The van der Waals surface area contributed by atoms with E-state index in [2.05, 4.69) is 27.5 Å². The molecule has 1 aliphatic carbocycles. The first kappa shape index (κ1) is 15.0. The van der Waals surface area contributed by atoms with E-state index in [9.17, 15) is 13.2 Å². The number of benzene rings is 1. The number of rotatable bonds is 4. The topological polar surface area (TPSA) is 12.0 Å². The Labute approximate surface area is 123 Å². The van der Waals surface area contributed by atoms with Gasteiger partial charge in [0.2, 0.25) is 0 Å². The van der Waals surface area contributed by atoms with Gasteiger partial charge in [-0.15, -0.1) is 0 Å². The molecule has 0 radical (unpaired) electrons. The van der Waals surface area contributed by atoms with Crippen LogP contribution in [0.3, 0.4) is 0 Å². The van der Waals surface area contributed by atoms with Gasteiger partial charge in [-0.1, -0.05) is 6.42 Å². The second kappa shape index (κ2) is 5.56. The summed E-state index contributed by atoms with van der Waals surface area (Å²) in [5, 5.41) is 3.25. The highest BCUT2D eigenvalue weighted by atomic mass is 79.9. The second-order valence-corrected chi connectivity index (χ2v) is 6.92. The Balaban J connectivity index is 2.05. The molecule has 1 nitrogen and oxygen atoms in total. The van der Waals surface area contributed by atoms with Gasteiger partial charge in [0.1, 0.15) is 0 Å². The fourth-order valence-electron chi connectivity index (χ4n) is 2.12. The van der Waals surface area contributed by atoms with Crippen molar-refractivity contribution in [2.75, 3.05) is 18.1 Å². The lowest BCUT2D eigenvalue weighted by atomic mass is 9.84. The zero-order chi connectivity index (χ0) is 14.1. The van der Waals surface area contributed by atoms with Crippen molar-refractivity contribution in [3.05, 3.63) is 28.2 Å². The Morgan fingerprint density at radius 1 is 1.37 bits per heavy atom. The molecule has 1 saturated carbocycles. The molecule has 1 aromatic rings. The van der Waals surface area contributed by atoms with Gasteiger partial charge in [0.05, 0.1) is 5.56 Å². The molecule has 0 amide bonds. The zero-order valence-electron chi connectivity index (χ0n) is 10.5. The number of thioether (sulfide) groups is 1. The van der Waals surface area contributed by atoms with Crippen molar-refractivity contribution >= 4 is 33.4 Å². The molecule has 0 bridgehead atoms. The van der Waals surface area contributed by atoms with Gasteiger partial charge < -0.3 is 5.32 Å². The molecular formula is C13H15BrF3NS. The van der Waals surface area contributed by atoms with E-state index >= 15 is 0 Å². The first-order valence-electron chi connectivity index (χ1n) is 6.02. The Morgan fingerprint density at radius 3 is 2.47 bits per heavy atom. The van der Waals surface area contributed by atoms with Crippen LogP contribution in [0.15, 0.2) is 22.7 Å². The van der Waals surface area contributed by atoms with Crippen LogP contribution in [-0.4, -0.2) is 17.5 Å². The molecule has 0 heterocycles. The van der Waals surface area contributed by atoms with E-state index in [-0.39, 0.29) is 4.75 Å². The van der Waals surface area contributed by atoms with E-state index in [1.54, 1.807) is 0 Å². The molecule has 0 spiro atoms. The maximum atomic E-state index is 12.5. The standard InChI is InChI=1S/C13H15BrF3NS/c1-19-12(5-2-6-12)8-18-11-4-3-9(7-10(11)14)13(15,16)17/h3-4,7,18H,2,5-6,8H2,1H3. The fourth-order valence-corrected chi connectivity index (χ4v) is 3.55. The lowest BCUT2D eigenvalue weighted by Crippen LogP contribution is -2.40. The van der Waals surface area contributed by atoms with E-state index in [0.717, 1.165) is 18.7 Å². The van der Waals surface area contributed by atoms with Gasteiger partial charge in [-0.3, -0.25) is 0 Å². The summed E-state index contributed by atoms with van der Waals surface area (Å²) in [6.45, 7) is 0.790. The van der Waals surface area contributed by atoms with Gasteiger partial charge in [-0.25, -0.2) is 0 Å². The average molecular weight is 354 g/mol. The predicted octanol–water partition coefficient (Wildman–Crippen LogP) is 5.17. The molecule has 19 heavy (non-hydrogen) atoms. The van der Waals surface area contributed by atoms with Crippen molar-refractivity contribution in [1.29, 1.82) is 0 Å². The number of alkyl halides is 3. The summed E-state index contributed by atoms with van der Waals surface area (Å²) in [7, 11) is 0. The smallest absolute Gasteiger partial charge is 0.383 e. The van der Waals surface area contributed by atoms with Crippen molar-refractivity contribution in [2.45, 2.75) is 30.2 Å². The third-order valence-corrected chi connectivity index (χ3v) is 5.67. The minimum atomic E-state index is -4.30. The lowest BCUT2D eigenvalue weighted by Gasteiger charge is -2.40. The van der Waals surface area contributed by atoms with E-state index in [1.807, 2.05) is 11.8 Å². The third-order valence-electron chi connectivity index (χ3n) is 3.60. The predicted molar refractivity (Wildman–Crippen MR) is 77.7 cm³/mol. The van der Waals surface area contributed by atoms with Crippen LogP contribution in [-0.2, 0) is 6.18 Å². The van der Waals surface area contributed by atoms with Crippen molar-refractivity contribution < 1.29 is 13.2 Å². The molecule has 106 valence electrons. The highest BCUT2D eigenvalue weighted by Crippen LogP contribution is 2.43. The Bertz CT molecular complexity index is 452. The summed E-state index contributed by atoms with van der Waals surface area (Å²) in [6.07, 6.45) is 1.35. The molecule has 0 unspecified atom stereocenters. The van der Waals surface area contributed by atoms with Crippen molar-refractivity contribution in [2.24, 2.45) is 0 Å². The van der Waals surface area contributed by atoms with Crippen molar-refractivity contribution in [3.8, 4) is 0 Å². The van der Waals surface area contributed by atoms with E-state index < -0.39 is 11.7 Å². The van der Waals surface area contributed by atoms with Crippen LogP contribution in [0.25, 0.3) is 0 Å². The van der Waals surface area contributed by atoms with Crippen LogP contribution in [0, 0.1) is 0 Å². The quantitative estimate of drug-likeness (QED) is 0.801. The molecule has 0 aromatic heterocycles. The number of hydrogen-bond acceptors (Lipinski definition) is 2. The summed E-state index contributed by atoms with van der Waals surface area (Å²) >= 11 is 5.03. The third kappa shape index (κ3) is 3.40. The van der Waals surface area contributed by atoms with E-state index in [0.29, 0.717) is 10.2 Å². The molecule has 2 rings (SSSR count). The number of halogens is 4. The number of nitrogens with one attached hydrogen (secondary N) is 1. The number of hydrogen-bond donors (Lipinski definition) is 1. The van der Waals surface area contributed by atoms with Crippen LogP contribution in [0.1, 0.15) is 24.8 Å². The normalized spacial score (nSPS) is 17.9. The highest BCUT2D eigenvalue weighted by Gasteiger charge is 2.36. The summed E-state index contributed by atoms with van der Waals surface area (Å²) in [5.41, 5.74) is 0.0847.